The van der Waals surface area contributed by atoms with Crippen molar-refractivity contribution in [3.05, 3.63) is 24.3 Å². The molecule has 0 N–H and O–H groups in total. The predicted molar refractivity (Wildman–Crippen MR) is 40.9 cm³/mol. The molecular weight excluding hydrogens is 129 g/mol. The normalized spacial score (nSPS) is 31.8. The Bertz CT molecular complexity index is 191. The van der Waals surface area contributed by atoms with Crippen molar-refractivity contribution in [2.45, 2.75) is 19.4 Å². The third-order valence-electron chi connectivity index (χ3n) is 1.27. The maximum Gasteiger partial charge on any atom is 0.188 e. The number of hydrogen-bond donors (Lipinski definition) is 0. The van der Waals surface area contributed by atoms with E-state index in [1.807, 2.05) is 25.2 Å². The summed E-state index contributed by atoms with van der Waals surface area (Å²) in [5, 5.41) is 0. The summed E-state index contributed by atoms with van der Waals surface area (Å²) in [5.74, 6) is -0.284. The molecule has 0 aromatic rings. The van der Waals surface area contributed by atoms with Crippen molar-refractivity contribution in [3.63, 3.8) is 0 Å². The van der Waals surface area contributed by atoms with Gasteiger partial charge in [0.05, 0.1) is 6.04 Å². The van der Waals surface area contributed by atoms with E-state index in [2.05, 4.69) is 4.99 Å². The first-order chi connectivity index (χ1) is 4.79. The summed E-state index contributed by atoms with van der Waals surface area (Å²) < 4.78 is 12.5. The van der Waals surface area contributed by atoms with Crippen molar-refractivity contribution in [2.24, 2.45) is 4.99 Å². The lowest BCUT2D eigenvalue weighted by atomic mass is 10.2. The van der Waals surface area contributed by atoms with E-state index in [1.165, 1.54) is 0 Å². The SMILES string of the molecule is CC1/C=C/C=C\CC(F)=N1. The van der Waals surface area contributed by atoms with Gasteiger partial charge in [-0.2, -0.15) is 4.39 Å². The molecule has 1 rings (SSSR count). The molecule has 0 fully saturated rings. The second-order valence-electron chi connectivity index (χ2n) is 2.26. The van der Waals surface area contributed by atoms with Crippen LogP contribution in [-0.2, 0) is 0 Å². The van der Waals surface area contributed by atoms with E-state index in [1.54, 1.807) is 6.08 Å². The molecule has 1 aliphatic heterocycles. The summed E-state index contributed by atoms with van der Waals surface area (Å²) in [6.45, 7) is 1.86. The average molecular weight is 139 g/mol. The third kappa shape index (κ3) is 2.13. The van der Waals surface area contributed by atoms with Crippen LogP contribution in [0.3, 0.4) is 0 Å². The molecule has 0 aromatic heterocycles. The Kier molecular flexibility index (Phi) is 2.37. The van der Waals surface area contributed by atoms with E-state index in [9.17, 15) is 4.39 Å². The highest BCUT2D eigenvalue weighted by molar-refractivity contribution is 5.76. The number of rotatable bonds is 0. The van der Waals surface area contributed by atoms with Crippen LogP contribution in [0.2, 0.25) is 0 Å². The Balaban J connectivity index is 2.73. The van der Waals surface area contributed by atoms with Gasteiger partial charge in [-0.05, 0) is 6.92 Å². The van der Waals surface area contributed by atoms with Gasteiger partial charge in [-0.15, -0.1) is 0 Å². The number of halogens is 1. The smallest absolute Gasteiger partial charge is 0.188 e. The van der Waals surface area contributed by atoms with Crippen LogP contribution in [0.5, 0.6) is 0 Å². The highest BCUT2D eigenvalue weighted by atomic mass is 19.1. The van der Waals surface area contributed by atoms with Crippen LogP contribution in [0.1, 0.15) is 13.3 Å². The lowest BCUT2D eigenvalue weighted by Crippen LogP contribution is -1.98. The van der Waals surface area contributed by atoms with Gasteiger partial charge in [-0.3, -0.25) is 4.99 Å². The molecule has 0 aromatic carbocycles. The first-order valence-electron chi connectivity index (χ1n) is 3.34. The minimum Gasteiger partial charge on any atom is -0.254 e. The average Bonchev–Trinajstić information content (AvgIpc) is 1.83. The summed E-state index contributed by atoms with van der Waals surface area (Å²) in [5.41, 5.74) is 0. The van der Waals surface area contributed by atoms with E-state index in [-0.39, 0.29) is 12.0 Å². The minimum absolute atomic E-state index is 0.0232. The Morgan fingerprint density at radius 1 is 1.60 bits per heavy atom. The third-order valence-corrected chi connectivity index (χ3v) is 1.27. The van der Waals surface area contributed by atoms with Crippen molar-refractivity contribution < 1.29 is 4.39 Å². The van der Waals surface area contributed by atoms with Gasteiger partial charge in [0.1, 0.15) is 0 Å². The largest absolute Gasteiger partial charge is 0.254 e. The summed E-state index contributed by atoms with van der Waals surface area (Å²) >= 11 is 0. The fourth-order valence-electron chi connectivity index (χ4n) is 0.786. The van der Waals surface area contributed by atoms with E-state index < -0.39 is 0 Å². The number of allylic oxidation sites excluding steroid dienone is 3. The van der Waals surface area contributed by atoms with Crippen LogP contribution in [0.4, 0.5) is 4.39 Å². The molecule has 54 valence electrons. The fourth-order valence-corrected chi connectivity index (χ4v) is 0.786. The summed E-state index contributed by atoms with van der Waals surface area (Å²) in [4.78, 5) is 3.75. The summed E-state index contributed by atoms with van der Waals surface area (Å²) in [6, 6.07) is -0.0232. The maximum absolute atomic E-state index is 12.5. The van der Waals surface area contributed by atoms with E-state index in [0.29, 0.717) is 6.42 Å². The van der Waals surface area contributed by atoms with Crippen molar-refractivity contribution in [3.8, 4) is 0 Å². The van der Waals surface area contributed by atoms with Gasteiger partial charge in [-0.1, -0.05) is 24.3 Å². The van der Waals surface area contributed by atoms with Gasteiger partial charge in [0.15, 0.2) is 5.97 Å². The van der Waals surface area contributed by atoms with Crippen LogP contribution >= 0.6 is 0 Å². The quantitative estimate of drug-likeness (QED) is 0.488. The molecule has 1 atom stereocenters. The minimum atomic E-state index is -0.284. The first kappa shape index (κ1) is 7.19. The standard InChI is InChI=1S/C8H10FN/c1-7-5-3-2-4-6-8(9)10-7/h2-5,7H,6H2,1H3/b4-2-,5-3+,10-8?. The van der Waals surface area contributed by atoms with Crippen molar-refractivity contribution in [1.29, 1.82) is 0 Å². The van der Waals surface area contributed by atoms with Gasteiger partial charge >= 0.3 is 0 Å². The van der Waals surface area contributed by atoms with E-state index >= 15 is 0 Å². The number of nitrogens with zero attached hydrogens (tertiary/aromatic N) is 1. The van der Waals surface area contributed by atoms with Crippen LogP contribution in [0.25, 0.3) is 0 Å². The van der Waals surface area contributed by atoms with Crippen molar-refractivity contribution >= 4 is 5.97 Å². The van der Waals surface area contributed by atoms with Crippen LogP contribution in [0, 0.1) is 0 Å². The summed E-state index contributed by atoms with van der Waals surface area (Å²) in [6.07, 6.45) is 7.66. The monoisotopic (exact) mass is 139 g/mol. The lowest BCUT2D eigenvalue weighted by molar-refractivity contribution is 0.751. The molecular formula is C8H10FN. The number of aliphatic imine (C=N–C) groups is 1. The molecule has 1 heterocycles. The Hall–Kier alpha value is -0.920. The van der Waals surface area contributed by atoms with E-state index in [0.717, 1.165) is 0 Å². The van der Waals surface area contributed by atoms with Gasteiger partial charge in [0.2, 0.25) is 0 Å². The van der Waals surface area contributed by atoms with Crippen LogP contribution < -0.4 is 0 Å². The fraction of sp³-hybridized carbons (Fsp3) is 0.375. The van der Waals surface area contributed by atoms with Gasteiger partial charge in [-0.25, -0.2) is 0 Å². The van der Waals surface area contributed by atoms with Gasteiger partial charge < -0.3 is 0 Å². The van der Waals surface area contributed by atoms with E-state index in [4.69, 9.17) is 0 Å². The molecule has 1 nitrogen and oxygen atoms in total. The lowest BCUT2D eigenvalue weighted by Gasteiger charge is -2.00. The molecule has 1 unspecified atom stereocenters. The Labute approximate surface area is 60.0 Å². The van der Waals surface area contributed by atoms with Gasteiger partial charge in [0, 0.05) is 6.42 Å². The molecule has 0 aliphatic carbocycles. The molecule has 0 amide bonds. The Morgan fingerprint density at radius 2 is 2.40 bits per heavy atom. The topological polar surface area (TPSA) is 12.4 Å². The van der Waals surface area contributed by atoms with Gasteiger partial charge in [0.25, 0.3) is 0 Å². The molecule has 2 heteroatoms. The molecule has 0 radical (unpaired) electrons. The zero-order valence-electron chi connectivity index (χ0n) is 5.92. The zero-order valence-corrected chi connectivity index (χ0v) is 5.92. The van der Waals surface area contributed by atoms with Crippen molar-refractivity contribution in [2.75, 3.05) is 0 Å². The highest BCUT2D eigenvalue weighted by Gasteiger charge is 1.98. The molecule has 0 saturated carbocycles. The first-order valence-corrected chi connectivity index (χ1v) is 3.34. The molecule has 1 aliphatic rings. The van der Waals surface area contributed by atoms with Crippen LogP contribution in [0.15, 0.2) is 29.3 Å². The number of hydrogen-bond acceptors (Lipinski definition) is 1. The summed E-state index contributed by atoms with van der Waals surface area (Å²) in [7, 11) is 0. The second kappa shape index (κ2) is 3.30. The predicted octanol–water partition coefficient (Wildman–Crippen LogP) is 2.26. The Morgan fingerprint density at radius 3 is 3.20 bits per heavy atom. The highest BCUT2D eigenvalue weighted by Crippen LogP contribution is 2.01. The molecule has 10 heavy (non-hydrogen) atoms. The van der Waals surface area contributed by atoms with Crippen LogP contribution in [-0.4, -0.2) is 12.0 Å². The maximum atomic E-state index is 12.5. The molecule has 0 bridgehead atoms. The zero-order chi connectivity index (χ0) is 7.40. The molecule has 0 saturated heterocycles. The van der Waals surface area contributed by atoms with Crippen molar-refractivity contribution in [1.82, 2.24) is 0 Å². The second-order valence-corrected chi connectivity index (χ2v) is 2.26. The molecule has 0 spiro atoms.